The molecule has 1 aliphatic rings. The molecule has 28 heavy (non-hydrogen) atoms. The monoisotopic (exact) mass is 397 g/mol. The Morgan fingerprint density at radius 2 is 2.07 bits per heavy atom. The quantitative estimate of drug-likeness (QED) is 0.714. The molecule has 1 fully saturated rings. The first-order valence-electron chi connectivity index (χ1n) is 9.53. The van der Waals surface area contributed by atoms with E-state index in [9.17, 15) is 9.59 Å². The van der Waals surface area contributed by atoms with Crippen molar-refractivity contribution in [2.45, 2.75) is 38.8 Å². The Morgan fingerprint density at radius 1 is 1.29 bits per heavy atom. The van der Waals surface area contributed by atoms with Gasteiger partial charge >= 0.3 is 0 Å². The van der Waals surface area contributed by atoms with Crippen molar-refractivity contribution in [2.75, 3.05) is 11.4 Å². The SMILES string of the molecule is CCc1nc2sc(N3CCCC3C(=O)NCc3ccccc3)nc2c(=O)n1C. The van der Waals surface area contributed by atoms with Crippen LogP contribution in [0.15, 0.2) is 35.1 Å². The molecule has 1 atom stereocenters. The molecule has 1 amide bonds. The van der Waals surface area contributed by atoms with Crippen LogP contribution in [0.3, 0.4) is 0 Å². The van der Waals surface area contributed by atoms with Crippen LogP contribution in [0.1, 0.15) is 31.2 Å². The number of anilines is 1. The molecule has 146 valence electrons. The van der Waals surface area contributed by atoms with Crippen LogP contribution in [0.5, 0.6) is 0 Å². The molecule has 1 aromatic carbocycles. The van der Waals surface area contributed by atoms with Gasteiger partial charge < -0.3 is 10.2 Å². The van der Waals surface area contributed by atoms with Crippen molar-refractivity contribution in [1.29, 1.82) is 0 Å². The number of hydrogen-bond donors (Lipinski definition) is 1. The number of rotatable bonds is 5. The molecular weight excluding hydrogens is 374 g/mol. The van der Waals surface area contributed by atoms with Crippen LogP contribution in [0, 0.1) is 0 Å². The van der Waals surface area contributed by atoms with Crippen LogP contribution < -0.4 is 15.8 Å². The number of aryl methyl sites for hydroxylation is 1. The van der Waals surface area contributed by atoms with Crippen molar-refractivity contribution in [3.05, 3.63) is 52.1 Å². The molecule has 8 heteroatoms. The molecule has 1 unspecified atom stereocenters. The summed E-state index contributed by atoms with van der Waals surface area (Å²) in [4.78, 5) is 37.2. The maximum atomic E-state index is 12.8. The summed E-state index contributed by atoms with van der Waals surface area (Å²) in [6.07, 6.45) is 2.39. The molecule has 3 aromatic rings. The predicted octanol–water partition coefficient (Wildman–Crippen LogP) is 2.24. The van der Waals surface area contributed by atoms with Crippen molar-refractivity contribution in [3.63, 3.8) is 0 Å². The normalized spacial score (nSPS) is 16.6. The maximum absolute atomic E-state index is 12.8. The van der Waals surface area contributed by atoms with Crippen LogP contribution in [0.2, 0.25) is 0 Å². The Kier molecular flexibility index (Phi) is 5.13. The van der Waals surface area contributed by atoms with Crippen LogP contribution in [0.25, 0.3) is 10.3 Å². The average molecular weight is 398 g/mol. The molecule has 0 bridgehead atoms. The maximum Gasteiger partial charge on any atom is 0.280 e. The van der Waals surface area contributed by atoms with Crippen LogP contribution in [-0.2, 0) is 24.8 Å². The van der Waals surface area contributed by atoms with E-state index >= 15 is 0 Å². The highest BCUT2D eigenvalue weighted by molar-refractivity contribution is 7.21. The fraction of sp³-hybridized carbons (Fsp3) is 0.400. The lowest BCUT2D eigenvalue weighted by Crippen LogP contribution is -2.43. The Bertz CT molecular complexity index is 1060. The van der Waals surface area contributed by atoms with E-state index in [1.807, 2.05) is 42.2 Å². The Morgan fingerprint density at radius 3 is 2.82 bits per heavy atom. The van der Waals surface area contributed by atoms with Crippen molar-refractivity contribution >= 4 is 32.7 Å². The lowest BCUT2D eigenvalue weighted by atomic mass is 10.2. The third-order valence-corrected chi connectivity index (χ3v) is 6.14. The van der Waals surface area contributed by atoms with Gasteiger partial charge in [-0.3, -0.25) is 14.2 Å². The largest absolute Gasteiger partial charge is 0.350 e. The Hall–Kier alpha value is -2.74. The van der Waals surface area contributed by atoms with Crippen molar-refractivity contribution in [1.82, 2.24) is 19.9 Å². The molecule has 1 aliphatic heterocycles. The van der Waals surface area contributed by atoms with Crippen molar-refractivity contribution in [3.8, 4) is 0 Å². The van der Waals surface area contributed by atoms with Gasteiger partial charge in [-0.05, 0) is 18.4 Å². The number of hydrogen-bond acceptors (Lipinski definition) is 6. The number of nitrogens with one attached hydrogen (secondary N) is 1. The van der Waals surface area contributed by atoms with Gasteiger partial charge in [0.05, 0.1) is 0 Å². The summed E-state index contributed by atoms with van der Waals surface area (Å²) in [6, 6.07) is 9.60. The lowest BCUT2D eigenvalue weighted by Gasteiger charge is -2.23. The van der Waals surface area contributed by atoms with E-state index in [1.54, 1.807) is 11.6 Å². The van der Waals surface area contributed by atoms with Crippen LogP contribution >= 0.6 is 11.3 Å². The molecule has 0 spiro atoms. The summed E-state index contributed by atoms with van der Waals surface area (Å²) >= 11 is 1.39. The molecule has 0 radical (unpaired) electrons. The first kappa shape index (κ1) is 18.6. The van der Waals surface area contributed by atoms with Crippen molar-refractivity contribution in [2.24, 2.45) is 7.05 Å². The van der Waals surface area contributed by atoms with E-state index in [-0.39, 0.29) is 17.5 Å². The summed E-state index contributed by atoms with van der Waals surface area (Å²) in [6.45, 7) is 3.24. The van der Waals surface area contributed by atoms with E-state index in [2.05, 4.69) is 15.3 Å². The second kappa shape index (κ2) is 7.71. The summed E-state index contributed by atoms with van der Waals surface area (Å²) in [5.41, 5.74) is 1.32. The van der Waals surface area contributed by atoms with Gasteiger partial charge in [0.2, 0.25) is 5.91 Å². The van der Waals surface area contributed by atoms with Gasteiger partial charge in [-0.2, -0.15) is 0 Å². The van der Waals surface area contributed by atoms with E-state index in [0.29, 0.717) is 28.4 Å². The van der Waals surface area contributed by atoms with Crippen molar-refractivity contribution < 1.29 is 4.79 Å². The van der Waals surface area contributed by atoms with E-state index in [0.717, 1.165) is 30.8 Å². The van der Waals surface area contributed by atoms with Gasteiger partial charge in [0, 0.05) is 26.6 Å². The fourth-order valence-corrected chi connectivity index (χ4v) is 4.62. The van der Waals surface area contributed by atoms with Gasteiger partial charge in [0.25, 0.3) is 5.56 Å². The molecule has 0 aliphatic carbocycles. The topological polar surface area (TPSA) is 80.1 Å². The zero-order chi connectivity index (χ0) is 19.7. The summed E-state index contributed by atoms with van der Waals surface area (Å²) in [5, 5.41) is 3.73. The summed E-state index contributed by atoms with van der Waals surface area (Å²) < 4.78 is 1.56. The van der Waals surface area contributed by atoms with E-state index < -0.39 is 0 Å². The highest BCUT2D eigenvalue weighted by Crippen LogP contribution is 2.31. The van der Waals surface area contributed by atoms with Crippen LogP contribution in [-0.4, -0.2) is 33.0 Å². The number of benzene rings is 1. The number of nitrogens with zero attached hydrogens (tertiary/aromatic N) is 4. The van der Waals surface area contributed by atoms with E-state index in [1.165, 1.54) is 11.3 Å². The standard InChI is InChI=1S/C20H23N5O2S/c1-3-15-22-18-16(19(27)24(15)2)23-20(28-18)25-11-7-10-14(25)17(26)21-12-13-8-5-4-6-9-13/h4-6,8-9,14H,3,7,10-12H2,1-2H3,(H,21,26). The van der Waals surface area contributed by atoms with Gasteiger partial charge in [0.1, 0.15) is 11.9 Å². The van der Waals surface area contributed by atoms with Gasteiger partial charge in [0.15, 0.2) is 15.5 Å². The number of thiazole rings is 1. The molecular formula is C20H23N5O2S. The first-order chi connectivity index (χ1) is 13.6. The molecule has 4 rings (SSSR count). The lowest BCUT2D eigenvalue weighted by molar-refractivity contribution is -0.122. The first-order valence-corrected chi connectivity index (χ1v) is 10.3. The molecule has 2 aromatic heterocycles. The number of fused-ring (bicyclic) bond motifs is 1. The highest BCUT2D eigenvalue weighted by Gasteiger charge is 2.33. The van der Waals surface area contributed by atoms with Crippen LogP contribution in [0.4, 0.5) is 5.13 Å². The minimum atomic E-state index is -0.265. The minimum absolute atomic E-state index is 0.00396. The Balaban J connectivity index is 1.57. The zero-order valence-electron chi connectivity index (χ0n) is 16.0. The minimum Gasteiger partial charge on any atom is -0.350 e. The van der Waals surface area contributed by atoms with Gasteiger partial charge in [-0.1, -0.05) is 48.6 Å². The smallest absolute Gasteiger partial charge is 0.280 e. The highest BCUT2D eigenvalue weighted by atomic mass is 32.1. The summed E-state index contributed by atoms with van der Waals surface area (Å²) in [7, 11) is 1.72. The molecule has 1 saturated heterocycles. The third-order valence-electron chi connectivity index (χ3n) is 5.15. The fourth-order valence-electron chi connectivity index (χ4n) is 3.59. The van der Waals surface area contributed by atoms with Gasteiger partial charge in [-0.15, -0.1) is 0 Å². The number of carbonyl (C=O) groups excluding carboxylic acids is 1. The average Bonchev–Trinajstić information content (AvgIpc) is 3.36. The number of aromatic nitrogens is 3. The second-order valence-corrected chi connectivity index (χ2v) is 7.91. The second-order valence-electron chi connectivity index (χ2n) is 6.95. The number of carbonyl (C=O) groups is 1. The zero-order valence-corrected chi connectivity index (χ0v) is 16.8. The molecule has 0 saturated carbocycles. The molecule has 3 heterocycles. The van der Waals surface area contributed by atoms with Gasteiger partial charge in [-0.25, -0.2) is 9.97 Å². The predicted molar refractivity (Wildman–Crippen MR) is 111 cm³/mol. The molecule has 7 nitrogen and oxygen atoms in total. The molecule has 1 N–H and O–H groups in total. The Labute approximate surface area is 167 Å². The van der Waals surface area contributed by atoms with E-state index in [4.69, 9.17) is 0 Å². The summed E-state index contributed by atoms with van der Waals surface area (Å²) in [5.74, 6) is 0.738. The third kappa shape index (κ3) is 3.40. The number of amides is 1.